The average molecular weight is 542 g/mol. The number of rotatable bonds is 6. The van der Waals surface area contributed by atoms with Crippen LogP contribution in [0.15, 0.2) is 53.5 Å². The van der Waals surface area contributed by atoms with Gasteiger partial charge in [0.05, 0.1) is 12.1 Å². The largest absolute Gasteiger partial charge is 0.483 e. The number of amides is 2. The van der Waals surface area contributed by atoms with Crippen LogP contribution in [0.2, 0.25) is 0 Å². The van der Waals surface area contributed by atoms with Crippen LogP contribution < -0.4 is 15.5 Å². The Balaban J connectivity index is 1.36. The maximum absolute atomic E-state index is 14.5. The normalized spacial score (nSPS) is 23.0. The fourth-order valence-corrected chi connectivity index (χ4v) is 5.97. The van der Waals surface area contributed by atoms with E-state index in [1.54, 1.807) is 30.3 Å². The summed E-state index contributed by atoms with van der Waals surface area (Å²) in [5, 5.41) is 2.30. The van der Waals surface area contributed by atoms with Crippen LogP contribution in [0.25, 0.3) is 0 Å². The van der Waals surface area contributed by atoms with Crippen LogP contribution in [0, 0.1) is 23.4 Å². The van der Waals surface area contributed by atoms with E-state index in [1.165, 1.54) is 15.7 Å². The van der Waals surface area contributed by atoms with E-state index in [9.17, 15) is 31.9 Å². The topological polar surface area (TPSA) is 80.6 Å². The van der Waals surface area contributed by atoms with Crippen molar-refractivity contribution in [1.29, 1.82) is 0 Å². The Labute approximate surface area is 220 Å². The van der Waals surface area contributed by atoms with Crippen LogP contribution in [0.1, 0.15) is 44.8 Å². The maximum atomic E-state index is 14.5. The fraction of sp³-hybridized carbons (Fsp3) is 0.321. The van der Waals surface area contributed by atoms with Gasteiger partial charge in [-0.2, -0.15) is 0 Å². The summed E-state index contributed by atoms with van der Waals surface area (Å²) in [6.45, 7) is -0.484. The third-order valence-corrected chi connectivity index (χ3v) is 7.81. The molecule has 1 aromatic heterocycles. The molecule has 4 atom stereocenters. The van der Waals surface area contributed by atoms with E-state index in [1.807, 2.05) is 0 Å². The summed E-state index contributed by atoms with van der Waals surface area (Å²) in [6.07, 6.45) is 0.959. The number of nitrogens with one attached hydrogen (secondary N) is 1. The summed E-state index contributed by atoms with van der Waals surface area (Å²) >= 11 is 0. The lowest BCUT2D eigenvalue weighted by Crippen LogP contribution is -2.55. The lowest BCUT2D eigenvalue weighted by molar-refractivity contribution is 0.0313. The van der Waals surface area contributed by atoms with Crippen molar-refractivity contribution < 1.29 is 31.9 Å². The quantitative estimate of drug-likeness (QED) is 0.483. The number of alkyl halides is 1. The minimum absolute atomic E-state index is 0.0445. The molecule has 0 radical (unpaired) electrons. The summed E-state index contributed by atoms with van der Waals surface area (Å²) in [5.74, 6) is -5.36. The first-order valence-electron chi connectivity index (χ1n) is 12.6. The molecule has 202 valence electrons. The highest BCUT2D eigenvalue weighted by Crippen LogP contribution is 2.47. The Morgan fingerprint density at radius 2 is 1.74 bits per heavy atom. The maximum Gasteiger partial charge on any atom is 0.275 e. The number of ether oxygens (including phenoxy) is 1. The van der Waals surface area contributed by atoms with Crippen molar-refractivity contribution in [1.82, 2.24) is 14.8 Å². The first kappa shape index (κ1) is 25.1. The molecule has 3 aromatic rings. The van der Waals surface area contributed by atoms with Crippen molar-refractivity contribution >= 4 is 11.8 Å². The van der Waals surface area contributed by atoms with Gasteiger partial charge < -0.3 is 19.5 Å². The number of hydrogen-bond donors (Lipinski definition) is 1. The molecule has 2 aromatic carbocycles. The fourth-order valence-electron chi connectivity index (χ4n) is 5.97. The molecule has 1 saturated carbocycles. The number of pyridine rings is 1. The van der Waals surface area contributed by atoms with Crippen LogP contribution in [0.5, 0.6) is 5.75 Å². The third kappa shape index (κ3) is 4.25. The Hall–Kier alpha value is -4.15. The Kier molecular flexibility index (Phi) is 6.16. The zero-order valence-electron chi connectivity index (χ0n) is 20.5. The minimum Gasteiger partial charge on any atom is -0.483 e. The number of fused-ring (bicyclic) bond motifs is 6. The van der Waals surface area contributed by atoms with Gasteiger partial charge in [0, 0.05) is 37.0 Å². The van der Waals surface area contributed by atoms with E-state index >= 15 is 0 Å². The summed E-state index contributed by atoms with van der Waals surface area (Å²) in [5.41, 5.74) is -1.21. The summed E-state index contributed by atoms with van der Waals surface area (Å²) in [6, 6.07) is 9.00. The minimum atomic E-state index is -1.19. The smallest absolute Gasteiger partial charge is 0.275 e. The highest BCUT2D eigenvalue weighted by atomic mass is 19.1. The van der Waals surface area contributed by atoms with Gasteiger partial charge >= 0.3 is 0 Å². The van der Waals surface area contributed by atoms with Crippen LogP contribution in [-0.4, -0.2) is 39.5 Å². The van der Waals surface area contributed by atoms with Gasteiger partial charge in [-0.15, -0.1) is 0 Å². The Morgan fingerprint density at radius 1 is 1.03 bits per heavy atom. The van der Waals surface area contributed by atoms with Crippen LogP contribution >= 0.6 is 0 Å². The molecule has 2 amide bonds. The first-order valence-corrected chi connectivity index (χ1v) is 12.6. The molecule has 1 N–H and O–H groups in total. The third-order valence-electron chi connectivity index (χ3n) is 7.81. The van der Waals surface area contributed by atoms with Crippen molar-refractivity contribution in [3.8, 4) is 5.75 Å². The molecule has 0 spiro atoms. The van der Waals surface area contributed by atoms with Crippen molar-refractivity contribution in [2.24, 2.45) is 5.92 Å². The molecule has 1 aliphatic carbocycles. The van der Waals surface area contributed by atoms with E-state index in [0.717, 1.165) is 0 Å². The number of hydrogen-bond acceptors (Lipinski definition) is 4. The van der Waals surface area contributed by atoms with Gasteiger partial charge in [0.1, 0.15) is 35.8 Å². The summed E-state index contributed by atoms with van der Waals surface area (Å²) in [7, 11) is 0. The average Bonchev–Trinajstić information content (AvgIpc) is 3.45. The number of carbonyl (C=O) groups excluding carboxylic acids is 2. The Bertz CT molecular complexity index is 1520. The number of carbonyl (C=O) groups is 2. The molecule has 2 aliphatic heterocycles. The van der Waals surface area contributed by atoms with Crippen molar-refractivity contribution in [3.63, 3.8) is 0 Å². The number of halogens is 4. The number of piperidine rings is 1. The van der Waals surface area contributed by atoms with Crippen LogP contribution in [-0.2, 0) is 19.7 Å². The van der Waals surface area contributed by atoms with Crippen molar-refractivity contribution in [2.75, 3.05) is 0 Å². The first-order chi connectivity index (χ1) is 18.7. The molecule has 2 bridgehead atoms. The lowest BCUT2D eigenvalue weighted by Gasteiger charge is -2.41. The van der Waals surface area contributed by atoms with Gasteiger partial charge in [0.15, 0.2) is 11.4 Å². The SMILES string of the molecule is O=C(NCc1c(F)cc(F)cc1F)c1cn2c(c(OCc3ccccc3)c1=O)C(=O)N1C3C[C@H](C[C@@H]3F)[C@H]1C2. The molecule has 39 heavy (non-hydrogen) atoms. The van der Waals surface area contributed by atoms with Gasteiger partial charge in [0.25, 0.3) is 11.8 Å². The molecule has 7 nitrogen and oxygen atoms in total. The molecule has 2 fully saturated rings. The molecule has 1 unspecified atom stereocenters. The molecule has 3 aliphatic rings. The molecule has 1 saturated heterocycles. The van der Waals surface area contributed by atoms with E-state index < -0.39 is 64.6 Å². The zero-order valence-corrected chi connectivity index (χ0v) is 20.5. The van der Waals surface area contributed by atoms with Gasteiger partial charge in [-0.1, -0.05) is 30.3 Å². The second-order valence-corrected chi connectivity index (χ2v) is 10.1. The number of aromatic nitrogens is 1. The highest BCUT2D eigenvalue weighted by molar-refractivity contribution is 5.99. The van der Waals surface area contributed by atoms with Gasteiger partial charge in [-0.25, -0.2) is 17.6 Å². The molecule has 6 rings (SSSR count). The Morgan fingerprint density at radius 3 is 2.46 bits per heavy atom. The molecule has 11 heteroatoms. The summed E-state index contributed by atoms with van der Waals surface area (Å²) in [4.78, 5) is 41.7. The predicted octanol–water partition coefficient (Wildman–Crippen LogP) is 3.73. The summed E-state index contributed by atoms with van der Waals surface area (Å²) < 4.78 is 63.3. The van der Waals surface area contributed by atoms with E-state index in [0.29, 0.717) is 30.5 Å². The van der Waals surface area contributed by atoms with Crippen molar-refractivity contribution in [3.05, 3.63) is 98.7 Å². The van der Waals surface area contributed by atoms with E-state index in [4.69, 9.17) is 4.74 Å². The van der Waals surface area contributed by atoms with Crippen LogP contribution in [0.4, 0.5) is 17.6 Å². The predicted molar refractivity (Wildman–Crippen MR) is 130 cm³/mol. The number of benzene rings is 2. The van der Waals surface area contributed by atoms with Crippen LogP contribution in [0.3, 0.4) is 0 Å². The monoisotopic (exact) mass is 541 g/mol. The highest BCUT2D eigenvalue weighted by Gasteiger charge is 2.56. The standard InChI is InChI=1S/C28H23F4N3O4/c29-16-8-19(30)17(20(31)9-16)10-33-27(37)18-11-34-12-23-15-6-21(32)22(7-15)35(23)28(38)24(34)26(25(18)36)39-13-14-4-2-1-3-5-14/h1-5,8-9,11,15,21-23H,6-7,10,12-13H2,(H,33,37)/t15-,21-,22?,23+/m0/s1. The van der Waals surface area contributed by atoms with Gasteiger partial charge in [0.2, 0.25) is 5.43 Å². The van der Waals surface area contributed by atoms with E-state index in [-0.39, 0.29) is 36.6 Å². The zero-order chi connectivity index (χ0) is 27.4. The van der Waals surface area contributed by atoms with Gasteiger partial charge in [-0.05, 0) is 24.3 Å². The molecular weight excluding hydrogens is 518 g/mol. The lowest BCUT2D eigenvalue weighted by atomic mass is 9.95. The van der Waals surface area contributed by atoms with Crippen molar-refractivity contribution in [2.45, 2.75) is 50.8 Å². The number of nitrogens with zero attached hydrogens (tertiary/aromatic N) is 2. The second-order valence-electron chi connectivity index (χ2n) is 10.1. The molecule has 3 heterocycles. The second kappa shape index (κ2) is 9.55. The van der Waals surface area contributed by atoms with Gasteiger partial charge in [-0.3, -0.25) is 14.4 Å². The molecular formula is C28H23F4N3O4. The van der Waals surface area contributed by atoms with E-state index in [2.05, 4.69) is 5.32 Å².